The molecule has 2 fully saturated rings. The quantitative estimate of drug-likeness (QED) is 0.597. The lowest BCUT2D eigenvalue weighted by molar-refractivity contribution is -0.0105. The minimum Gasteiger partial charge on any atom is -0.392 e. The van der Waals surface area contributed by atoms with Crippen LogP contribution in [0.5, 0.6) is 0 Å². The predicted molar refractivity (Wildman–Crippen MR) is 119 cm³/mol. The van der Waals surface area contributed by atoms with Gasteiger partial charge in [-0.25, -0.2) is 0 Å². The van der Waals surface area contributed by atoms with E-state index in [0.29, 0.717) is 23.7 Å². The van der Waals surface area contributed by atoms with Gasteiger partial charge >= 0.3 is 0 Å². The van der Waals surface area contributed by atoms with Crippen molar-refractivity contribution < 1.29 is 10.2 Å². The lowest BCUT2D eigenvalue weighted by atomic mass is 9.66. The molecule has 160 valence electrons. The molecule has 2 saturated carbocycles. The van der Waals surface area contributed by atoms with Gasteiger partial charge in [0.05, 0.1) is 12.2 Å². The van der Waals surface area contributed by atoms with Crippen LogP contribution in [0.3, 0.4) is 0 Å². The second-order valence-electron chi connectivity index (χ2n) is 11.6. The van der Waals surface area contributed by atoms with Crippen molar-refractivity contribution in [3.05, 3.63) is 0 Å². The van der Waals surface area contributed by atoms with E-state index in [1.807, 2.05) is 11.8 Å². The molecule has 0 amide bonds. The van der Waals surface area contributed by atoms with Crippen molar-refractivity contribution in [3.8, 4) is 0 Å². The highest BCUT2D eigenvalue weighted by Crippen LogP contribution is 2.50. The first-order valence-electron chi connectivity index (χ1n) is 11.4. The van der Waals surface area contributed by atoms with Crippen LogP contribution in [0.2, 0.25) is 0 Å². The summed E-state index contributed by atoms with van der Waals surface area (Å²) in [5.41, 5.74) is 0.272. The van der Waals surface area contributed by atoms with Crippen LogP contribution in [0.4, 0.5) is 0 Å². The first kappa shape index (κ1) is 23.5. The van der Waals surface area contributed by atoms with Crippen LogP contribution in [-0.2, 0) is 0 Å². The van der Waals surface area contributed by atoms with Gasteiger partial charge in [-0.2, -0.15) is 0 Å². The predicted octanol–water partition coefficient (Wildman–Crippen LogP) is 6.14. The summed E-state index contributed by atoms with van der Waals surface area (Å²) < 4.78 is 0. The monoisotopic (exact) mass is 398 g/mol. The second kappa shape index (κ2) is 8.96. The van der Waals surface area contributed by atoms with Gasteiger partial charge in [0.15, 0.2) is 0 Å². The molecule has 0 heterocycles. The SMILES string of the molecule is CCC1CC(SC2CC(CC)CC(C(C)(C)C)C2O)C(O)C(C(C)(C)C)C1. The molecule has 8 unspecified atom stereocenters. The minimum absolute atomic E-state index is 0.136. The van der Waals surface area contributed by atoms with Gasteiger partial charge in [0.2, 0.25) is 0 Å². The maximum Gasteiger partial charge on any atom is 0.0692 e. The number of hydrogen-bond acceptors (Lipinski definition) is 3. The third kappa shape index (κ3) is 5.66. The Balaban J connectivity index is 2.18. The second-order valence-corrected chi connectivity index (χ2v) is 13.1. The molecule has 0 aromatic rings. The Hall–Kier alpha value is 0.270. The zero-order valence-corrected chi connectivity index (χ0v) is 20.0. The maximum atomic E-state index is 11.2. The minimum atomic E-state index is -0.250. The Morgan fingerprint density at radius 1 is 0.667 bits per heavy atom. The Morgan fingerprint density at radius 2 is 1.00 bits per heavy atom. The summed E-state index contributed by atoms with van der Waals surface area (Å²) in [6.45, 7) is 18.2. The van der Waals surface area contributed by atoms with E-state index in [0.717, 1.165) is 25.7 Å². The molecule has 0 radical (unpaired) electrons. The van der Waals surface area contributed by atoms with Crippen LogP contribution >= 0.6 is 11.8 Å². The summed E-state index contributed by atoms with van der Waals surface area (Å²) >= 11 is 1.94. The molecule has 2 rings (SSSR count). The fourth-order valence-corrected chi connectivity index (χ4v) is 7.46. The average Bonchev–Trinajstić information content (AvgIpc) is 2.56. The summed E-state index contributed by atoms with van der Waals surface area (Å²) in [6.07, 6.45) is 6.41. The van der Waals surface area contributed by atoms with Crippen molar-refractivity contribution in [2.45, 2.75) is 117 Å². The van der Waals surface area contributed by atoms with E-state index in [9.17, 15) is 10.2 Å². The Kier molecular flexibility index (Phi) is 7.81. The molecule has 0 spiro atoms. The number of rotatable bonds is 4. The van der Waals surface area contributed by atoms with Crippen LogP contribution in [0.1, 0.15) is 93.9 Å². The first-order valence-corrected chi connectivity index (χ1v) is 12.3. The summed E-state index contributed by atoms with van der Waals surface area (Å²) in [5, 5.41) is 23.0. The van der Waals surface area contributed by atoms with Crippen LogP contribution < -0.4 is 0 Å². The largest absolute Gasteiger partial charge is 0.392 e. The average molecular weight is 399 g/mol. The highest BCUT2D eigenvalue weighted by atomic mass is 32.2. The van der Waals surface area contributed by atoms with E-state index in [1.54, 1.807) is 0 Å². The van der Waals surface area contributed by atoms with Crippen molar-refractivity contribution >= 4 is 11.8 Å². The third-order valence-electron chi connectivity index (χ3n) is 7.62. The van der Waals surface area contributed by atoms with Gasteiger partial charge < -0.3 is 10.2 Å². The van der Waals surface area contributed by atoms with Gasteiger partial charge in [-0.3, -0.25) is 0 Å². The zero-order chi connectivity index (χ0) is 20.6. The van der Waals surface area contributed by atoms with E-state index in [-0.39, 0.29) is 33.5 Å². The van der Waals surface area contributed by atoms with Crippen molar-refractivity contribution in [3.63, 3.8) is 0 Å². The normalized spacial score (nSPS) is 41.6. The number of hydrogen-bond donors (Lipinski definition) is 2. The van der Waals surface area contributed by atoms with Crippen LogP contribution in [0.15, 0.2) is 0 Å². The summed E-state index contributed by atoms with van der Waals surface area (Å²) in [5.74, 6) is 2.12. The van der Waals surface area contributed by atoms with Crippen LogP contribution in [0.25, 0.3) is 0 Å². The fraction of sp³-hybridized carbons (Fsp3) is 1.00. The van der Waals surface area contributed by atoms with E-state index < -0.39 is 0 Å². The molecule has 2 N–H and O–H groups in total. The molecular weight excluding hydrogens is 352 g/mol. The zero-order valence-electron chi connectivity index (χ0n) is 19.2. The summed E-state index contributed by atoms with van der Waals surface area (Å²) in [4.78, 5) is 0. The molecule has 0 aliphatic heterocycles. The van der Waals surface area contributed by atoms with E-state index >= 15 is 0 Å². The van der Waals surface area contributed by atoms with Crippen molar-refractivity contribution in [1.82, 2.24) is 0 Å². The molecule has 0 aromatic carbocycles. The number of aliphatic hydroxyl groups is 2. The molecule has 2 aliphatic rings. The fourth-order valence-electron chi connectivity index (χ4n) is 5.54. The van der Waals surface area contributed by atoms with Crippen LogP contribution in [0, 0.1) is 34.5 Å². The van der Waals surface area contributed by atoms with Gasteiger partial charge in [0.1, 0.15) is 0 Å². The maximum absolute atomic E-state index is 11.2. The Morgan fingerprint density at radius 3 is 1.26 bits per heavy atom. The Bertz CT molecular complexity index is 422. The van der Waals surface area contributed by atoms with Gasteiger partial charge in [0, 0.05) is 10.5 Å². The van der Waals surface area contributed by atoms with Crippen molar-refractivity contribution in [1.29, 1.82) is 0 Å². The lowest BCUT2D eigenvalue weighted by Gasteiger charge is -2.49. The van der Waals surface area contributed by atoms with Crippen LogP contribution in [-0.4, -0.2) is 32.9 Å². The smallest absolute Gasteiger partial charge is 0.0692 e. The van der Waals surface area contributed by atoms with Crippen molar-refractivity contribution in [2.75, 3.05) is 0 Å². The molecule has 0 saturated heterocycles. The summed E-state index contributed by atoms with van der Waals surface area (Å²) in [6, 6.07) is 0. The topological polar surface area (TPSA) is 40.5 Å². The highest BCUT2D eigenvalue weighted by Gasteiger charge is 2.46. The van der Waals surface area contributed by atoms with E-state index in [2.05, 4.69) is 55.4 Å². The highest BCUT2D eigenvalue weighted by molar-refractivity contribution is 8.00. The molecular formula is C24H46O2S. The van der Waals surface area contributed by atoms with Gasteiger partial charge in [-0.15, -0.1) is 11.8 Å². The molecule has 2 aliphatic carbocycles. The van der Waals surface area contributed by atoms with Gasteiger partial charge in [-0.05, 0) is 60.2 Å². The molecule has 0 bridgehead atoms. The number of thioether (sulfide) groups is 1. The van der Waals surface area contributed by atoms with Crippen molar-refractivity contribution in [2.24, 2.45) is 34.5 Å². The third-order valence-corrected chi connectivity index (χ3v) is 9.26. The standard InChI is InChI=1S/C24H46O2S/c1-9-15-11-17(23(3,4)5)21(25)19(13-15)27-20-14-16(10-2)12-18(22(20)26)24(6,7)8/h15-22,25-26H,9-14H2,1-8H3. The Labute approximate surface area is 173 Å². The van der Waals surface area contributed by atoms with Gasteiger partial charge in [0.25, 0.3) is 0 Å². The molecule has 8 atom stereocenters. The number of aliphatic hydroxyl groups excluding tert-OH is 2. The molecule has 2 nitrogen and oxygen atoms in total. The molecule has 3 heteroatoms. The molecule has 0 aromatic heterocycles. The first-order chi connectivity index (χ1) is 12.4. The lowest BCUT2D eigenvalue weighted by Crippen LogP contribution is -2.49. The molecule has 27 heavy (non-hydrogen) atoms. The van der Waals surface area contributed by atoms with Gasteiger partial charge in [-0.1, -0.05) is 68.2 Å². The summed E-state index contributed by atoms with van der Waals surface area (Å²) in [7, 11) is 0. The van der Waals surface area contributed by atoms with E-state index in [1.165, 1.54) is 12.8 Å². The van der Waals surface area contributed by atoms with E-state index in [4.69, 9.17) is 0 Å².